The number of hydrogen-bond donors (Lipinski definition) is 1. The molecule has 2 rings (SSSR count). The largest absolute Gasteiger partial charge is 0.348 e. The molecular formula is C15H12F3NOS. The Morgan fingerprint density at radius 1 is 1.10 bits per heavy atom. The predicted molar refractivity (Wildman–Crippen MR) is 75.9 cm³/mol. The van der Waals surface area contributed by atoms with Crippen LogP contribution in [0.2, 0.25) is 0 Å². The highest BCUT2D eigenvalue weighted by atomic mass is 32.2. The SMILES string of the molecule is O=C(NCc1ccc(F)cc1)c1ccccc1SC(F)F. The number of alkyl halides is 2. The van der Waals surface area contributed by atoms with E-state index in [1.54, 1.807) is 24.3 Å². The Bertz CT molecular complexity index is 617. The van der Waals surface area contributed by atoms with Crippen LogP contribution in [0.25, 0.3) is 0 Å². The van der Waals surface area contributed by atoms with E-state index in [0.717, 1.165) is 5.56 Å². The summed E-state index contributed by atoms with van der Waals surface area (Å²) in [5.74, 6) is -3.39. The summed E-state index contributed by atoms with van der Waals surface area (Å²) in [5.41, 5.74) is 0.925. The van der Waals surface area contributed by atoms with Crippen LogP contribution in [-0.4, -0.2) is 11.7 Å². The van der Waals surface area contributed by atoms with Crippen molar-refractivity contribution in [3.8, 4) is 0 Å². The summed E-state index contributed by atoms with van der Waals surface area (Å²) >= 11 is 0.333. The zero-order valence-corrected chi connectivity index (χ0v) is 11.7. The van der Waals surface area contributed by atoms with Crippen molar-refractivity contribution in [2.75, 3.05) is 0 Å². The second-order valence-electron chi connectivity index (χ2n) is 4.18. The van der Waals surface area contributed by atoms with Gasteiger partial charge < -0.3 is 5.32 Å². The normalized spacial score (nSPS) is 10.7. The summed E-state index contributed by atoms with van der Waals surface area (Å²) in [4.78, 5) is 12.3. The van der Waals surface area contributed by atoms with E-state index >= 15 is 0 Å². The van der Waals surface area contributed by atoms with Gasteiger partial charge in [0.15, 0.2) is 0 Å². The van der Waals surface area contributed by atoms with Crippen LogP contribution in [0.15, 0.2) is 53.4 Å². The van der Waals surface area contributed by atoms with E-state index in [1.807, 2.05) is 0 Å². The third-order valence-electron chi connectivity index (χ3n) is 2.71. The highest BCUT2D eigenvalue weighted by Crippen LogP contribution is 2.28. The van der Waals surface area contributed by atoms with Gasteiger partial charge in [0.1, 0.15) is 5.82 Å². The number of amides is 1. The minimum atomic E-state index is -2.59. The van der Waals surface area contributed by atoms with Gasteiger partial charge in [-0.15, -0.1) is 0 Å². The van der Waals surface area contributed by atoms with Crippen LogP contribution in [0, 0.1) is 5.82 Å². The average Bonchev–Trinajstić information content (AvgIpc) is 2.46. The third kappa shape index (κ3) is 4.53. The number of rotatable bonds is 5. The molecule has 0 spiro atoms. The Morgan fingerprint density at radius 3 is 2.43 bits per heavy atom. The molecule has 0 aliphatic rings. The van der Waals surface area contributed by atoms with Crippen molar-refractivity contribution < 1.29 is 18.0 Å². The van der Waals surface area contributed by atoms with Gasteiger partial charge in [-0.2, -0.15) is 8.78 Å². The second kappa shape index (κ2) is 7.17. The van der Waals surface area contributed by atoms with Gasteiger partial charge in [-0.05, 0) is 29.8 Å². The molecular weight excluding hydrogens is 299 g/mol. The summed E-state index contributed by atoms with van der Waals surface area (Å²) in [6, 6.07) is 11.9. The molecule has 2 aromatic rings. The van der Waals surface area contributed by atoms with Crippen molar-refractivity contribution in [1.29, 1.82) is 0 Å². The van der Waals surface area contributed by atoms with E-state index in [2.05, 4.69) is 5.32 Å². The Balaban J connectivity index is 2.05. The quantitative estimate of drug-likeness (QED) is 0.843. The number of carbonyl (C=O) groups is 1. The summed E-state index contributed by atoms with van der Waals surface area (Å²) in [5, 5.41) is 2.63. The van der Waals surface area contributed by atoms with Crippen LogP contribution >= 0.6 is 11.8 Å². The average molecular weight is 311 g/mol. The third-order valence-corrected chi connectivity index (χ3v) is 3.50. The molecule has 21 heavy (non-hydrogen) atoms. The fraction of sp³-hybridized carbons (Fsp3) is 0.133. The Labute approximate surface area is 124 Å². The molecule has 0 heterocycles. The lowest BCUT2D eigenvalue weighted by molar-refractivity contribution is 0.0948. The molecule has 1 amide bonds. The number of halogens is 3. The van der Waals surface area contributed by atoms with Crippen LogP contribution < -0.4 is 5.32 Å². The smallest absolute Gasteiger partial charge is 0.288 e. The predicted octanol–water partition coefficient (Wildman–Crippen LogP) is 4.07. The minimum Gasteiger partial charge on any atom is -0.348 e. The molecule has 6 heteroatoms. The fourth-order valence-electron chi connectivity index (χ4n) is 1.73. The molecule has 0 fully saturated rings. The van der Waals surface area contributed by atoms with Crippen molar-refractivity contribution in [2.24, 2.45) is 0 Å². The lowest BCUT2D eigenvalue weighted by atomic mass is 10.2. The molecule has 2 aromatic carbocycles. The van der Waals surface area contributed by atoms with E-state index < -0.39 is 11.7 Å². The topological polar surface area (TPSA) is 29.1 Å². The van der Waals surface area contributed by atoms with Gasteiger partial charge in [-0.3, -0.25) is 4.79 Å². The minimum absolute atomic E-state index is 0.199. The molecule has 2 nitrogen and oxygen atoms in total. The molecule has 0 saturated heterocycles. The van der Waals surface area contributed by atoms with E-state index in [1.165, 1.54) is 24.3 Å². The van der Waals surface area contributed by atoms with Crippen molar-refractivity contribution >= 4 is 17.7 Å². The summed E-state index contributed by atoms with van der Waals surface area (Å²) in [6.45, 7) is 0.201. The second-order valence-corrected chi connectivity index (χ2v) is 5.22. The standard InChI is InChI=1S/C15H12F3NOS/c16-11-7-5-10(6-8-11)9-19-14(20)12-3-1-2-4-13(12)21-15(17)18/h1-8,15H,9H2,(H,19,20). The number of hydrogen-bond acceptors (Lipinski definition) is 2. The van der Waals surface area contributed by atoms with E-state index in [0.29, 0.717) is 11.8 Å². The van der Waals surface area contributed by atoms with Crippen molar-refractivity contribution in [3.63, 3.8) is 0 Å². The van der Waals surface area contributed by atoms with Crippen LogP contribution in [0.4, 0.5) is 13.2 Å². The first-order valence-electron chi connectivity index (χ1n) is 6.13. The first-order valence-corrected chi connectivity index (χ1v) is 7.00. The molecule has 0 aromatic heterocycles. The van der Waals surface area contributed by atoms with Crippen LogP contribution in [0.3, 0.4) is 0 Å². The van der Waals surface area contributed by atoms with E-state index in [9.17, 15) is 18.0 Å². The molecule has 0 radical (unpaired) electrons. The van der Waals surface area contributed by atoms with Gasteiger partial charge in [0, 0.05) is 11.4 Å². The van der Waals surface area contributed by atoms with Crippen LogP contribution in [0.1, 0.15) is 15.9 Å². The van der Waals surface area contributed by atoms with Crippen molar-refractivity contribution in [1.82, 2.24) is 5.32 Å². The maximum Gasteiger partial charge on any atom is 0.288 e. The summed E-state index contributed by atoms with van der Waals surface area (Å²) < 4.78 is 37.7. The molecule has 110 valence electrons. The summed E-state index contributed by atoms with van der Waals surface area (Å²) in [7, 11) is 0. The van der Waals surface area contributed by atoms with Gasteiger partial charge in [0.05, 0.1) is 5.56 Å². The first-order chi connectivity index (χ1) is 10.1. The molecule has 0 aliphatic heterocycles. The molecule has 0 bridgehead atoms. The molecule has 1 N–H and O–H groups in total. The monoisotopic (exact) mass is 311 g/mol. The van der Waals surface area contributed by atoms with Gasteiger partial charge in [-0.1, -0.05) is 36.0 Å². The van der Waals surface area contributed by atoms with Gasteiger partial charge >= 0.3 is 0 Å². The van der Waals surface area contributed by atoms with Crippen molar-refractivity contribution in [2.45, 2.75) is 17.2 Å². The van der Waals surface area contributed by atoms with E-state index in [-0.39, 0.29) is 22.8 Å². The Hall–Kier alpha value is -1.95. The van der Waals surface area contributed by atoms with Crippen LogP contribution in [-0.2, 0) is 6.54 Å². The highest BCUT2D eigenvalue weighted by Gasteiger charge is 2.14. The fourth-order valence-corrected chi connectivity index (χ4v) is 2.37. The first kappa shape index (κ1) is 15.4. The summed E-state index contributed by atoms with van der Waals surface area (Å²) in [6.07, 6.45) is 0. The zero-order chi connectivity index (χ0) is 15.2. The molecule has 0 saturated carbocycles. The number of nitrogens with one attached hydrogen (secondary N) is 1. The van der Waals surface area contributed by atoms with E-state index in [4.69, 9.17) is 0 Å². The maximum atomic E-state index is 12.8. The number of carbonyl (C=O) groups excluding carboxylic acids is 1. The Kier molecular flexibility index (Phi) is 5.27. The molecule has 0 atom stereocenters. The molecule has 0 aliphatic carbocycles. The van der Waals surface area contributed by atoms with Gasteiger partial charge in [0.2, 0.25) is 0 Å². The van der Waals surface area contributed by atoms with Gasteiger partial charge in [0.25, 0.3) is 11.7 Å². The van der Waals surface area contributed by atoms with Gasteiger partial charge in [-0.25, -0.2) is 4.39 Å². The maximum absolute atomic E-state index is 12.8. The molecule has 0 unspecified atom stereocenters. The van der Waals surface area contributed by atoms with Crippen molar-refractivity contribution in [3.05, 3.63) is 65.5 Å². The highest BCUT2D eigenvalue weighted by molar-refractivity contribution is 7.99. The number of benzene rings is 2. The van der Waals surface area contributed by atoms with Crippen LogP contribution in [0.5, 0.6) is 0 Å². The lowest BCUT2D eigenvalue weighted by Gasteiger charge is -2.09. The lowest BCUT2D eigenvalue weighted by Crippen LogP contribution is -2.23. The number of thioether (sulfide) groups is 1. The Morgan fingerprint density at radius 2 is 1.76 bits per heavy atom. The zero-order valence-electron chi connectivity index (χ0n) is 10.9.